The van der Waals surface area contributed by atoms with Gasteiger partial charge in [0, 0.05) is 11.8 Å². The van der Waals surface area contributed by atoms with E-state index < -0.39 is 0 Å². The van der Waals surface area contributed by atoms with Crippen LogP contribution in [0.4, 0.5) is 0 Å². The van der Waals surface area contributed by atoms with Gasteiger partial charge in [-0.05, 0) is 0 Å². The highest BCUT2D eigenvalue weighted by Crippen LogP contribution is 2.17. The van der Waals surface area contributed by atoms with Crippen LogP contribution in [-0.2, 0) is 0 Å². The first kappa shape index (κ1) is 8.88. The molecule has 70 valence electrons. The first-order valence-electron chi connectivity index (χ1n) is 4.66. The van der Waals surface area contributed by atoms with Gasteiger partial charge in [-0.3, -0.25) is 0 Å². The Kier molecular flexibility index (Phi) is 2.27. The lowest BCUT2D eigenvalue weighted by atomic mass is 9.93. The minimum atomic E-state index is 0.00454. The zero-order chi connectivity index (χ0) is 9.97. The van der Waals surface area contributed by atoms with Gasteiger partial charge in [-0.2, -0.15) is 0 Å². The number of allylic oxidation sites excluding steroid dienone is 8. The Labute approximate surface area is 83.4 Å². The Balaban J connectivity index is 2.08. The first-order chi connectivity index (χ1) is 6.79. The fourth-order valence-corrected chi connectivity index (χ4v) is 1.61. The molecule has 0 atom stereocenters. The Morgan fingerprint density at radius 2 is 0.929 bits per heavy atom. The smallest absolute Gasteiger partial charge is 0.0637 e. The van der Waals surface area contributed by atoms with E-state index in [0.717, 1.165) is 0 Å². The Morgan fingerprint density at radius 3 is 1.21 bits per heavy atom. The minimum Gasteiger partial charge on any atom is -0.302 e. The van der Waals surface area contributed by atoms with Crippen LogP contribution < -0.4 is 0 Å². The number of nitrogens with one attached hydrogen (secondary N) is 2. The molecule has 0 spiro atoms. The molecule has 2 rings (SSSR count). The van der Waals surface area contributed by atoms with Crippen molar-refractivity contribution in [3.63, 3.8) is 0 Å². The van der Waals surface area contributed by atoms with Crippen molar-refractivity contribution in [3.8, 4) is 0 Å². The van der Waals surface area contributed by atoms with Crippen molar-refractivity contribution < 1.29 is 0 Å². The van der Waals surface area contributed by atoms with Crippen LogP contribution in [0.1, 0.15) is 0 Å². The third-order valence-electron chi connectivity index (χ3n) is 2.45. The standard InChI is InChI=1S/C12H12N2/c13-11(9-5-1-2-6-9)12(14)10-7-3-4-8-10/h1-10,13-14H. The normalized spacial score (nSPS) is 19.7. The van der Waals surface area contributed by atoms with Crippen molar-refractivity contribution in [2.45, 2.75) is 0 Å². The van der Waals surface area contributed by atoms with E-state index in [1.807, 2.05) is 48.6 Å². The monoisotopic (exact) mass is 184 g/mol. The van der Waals surface area contributed by atoms with Crippen LogP contribution in [0, 0.1) is 22.7 Å². The van der Waals surface area contributed by atoms with Gasteiger partial charge in [0.2, 0.25) is 0 Å². The van der Waals surface area contributed by atoms with Crippen LogP contribution >= 0.6 is 0 Å². The van der Waals surface area contributed by atoms with Crippen LogP contribution in [0.25, 0.3) is 0 Å². The third kappa shape index (κ3) is 1.51. The van der Waals surface area contributed by atoms with Crippen LogP contribution in [-0.4, -0.2) is 11.4 Å². The SMILES string of the molecule is N=C(C(=N)C1C=CC=C1)C1C=CC=C1. The van der Waals surface area contributed by atoms with Gasteiger partial charge in [-0.1, -0.05) is 48.6 Å². The molecule has 2 aliphatic carbocycles. The van der Waals surface area contributed by atoms with Gasteiger partial charge in [0.05, 0.1) is 11.4 Å². The maximum Gasteiger partial charge on any atom is 0.0637 e. The summed E-state index contributed by atoms with van der Waals surface area (Å²) in [4.78, 5) is 0. The van der Waals surface area contributed by atoms with Crippen LogP contribution in [0.3, 0.4) is 0 Å². The average Bonchev–Trinajstić information content (AvgIpc) is 2.87. The van der Waals surface area contributed by atoms with E-state index in [9.17, 15) is 0 Å². The summed E-state index contributed by atoms with van der Waals surface area (Å²) in [5.74, 6) is 0.00907. The fraction of sp³-hybridized carbons (Fsp3) is 0.167. The van der Waals surface area contributed by atoms with Gasteiger partial charge < -0.3 is 10.8 Å². The summed E-state index contributed by atoms with van der Waals surface area (Å²) >= 11 is 0. The molecular formula is C12H12N2. The van der Waals surface area contributed by atoms with E-state index in [4.69, 9.17) is 10.8 Å². The number of hydrogen-bond donors (Lipinski definition) is 2. The lowest BCUT2D eigenvalue weighted by Crippen LogP contribution is -2.24. The molecule has 2 aliphatic rings. The molecule has 0 aliphatic heterocycles. The first-order valence-corrected chi connectivity index (χ1v) is 4.66. The van der Waals surface area contributed by atoms with Gasteiger partial charge >= 0.3 is 0 Å². The lowest BCUT2D eigenvalue weighted by molar-refractivity contribution is 1.09. The van der Waals surface area contributed by atoms with Gasteiger partial charge in [0.15, 0.2) is 0 Å². The maximum absolute atomic E-state index is 7.86. The largest absolute Gasteiger partial charge is 0.302 e. The summed E-state index contributed by atoms with van der Waals surface area (Å²) in [6, 6.07) is 0. The molecule has 0 amide bonds. The summed E-state index contributed by atoms with van der Waals surface area (Å²) < 4.78 is 0. The van der Waals surface area contributed by atoms with E-state index in [2.05, 4.69) is 0 Å². The van der Waals surface area contributed by atoms with Crippen LogP contribution in [0.15, 0.2) is 48.6 Å². The molecule has 0 saturated carbocycles. The quantitative estimate of drug-likeness (QED) is 0.633. The molecule has 0 bridgehead atoms. The summed E-state index contributed by atoms with van der Waals surface area (Å²) in [6.07, 6.45) is 15.5. The van der Waals surface area contributed by atoms with E-state index in [0.29, 0.717) is 11.4 Å². The van der Waals surface area contributed by atoms with Crippen LogP contribution in [0.5, 0.6) is 0 Å². The van der Waals surface area contributed by atoms with Crippen molar-refractivity contribution >= 4 is 11.4 Å². The zero-order valence-corrected chi connectivity index (χ0v) is 7.77. The molecule has 0 saturated heterocycles. The highest BCUT2D eigenvalue weighted by Gasteiger charge is 2.20. The van der Waals surface area contributed by atoms with E-state index >= 15 is 0 Å². The molecule has 0 aromatic carbocycles. The van der Waals surface area contributed by atoms with Gasteiger partial charge in [0.1, 0.15) is 0 Å². The van der Waals surface area contributed by atoms with Crippen molar-refractivity contribution in [2.75, 3.05) is 0 Å². The molecule has 2 nitrogen and oxygen atoms in total. The minimum absolute atomic E-state index is 0.00454. The maximum atomic E-state index is 7.86. The fourth-order valence-electron chi connectivity index (χ4n) is 1.61. The third-order valence-corrected chi connectivity index (χ3v) is 2.45. The Hall–Kier alpha value is -1.70. The summed E-state index contributed by atoms with van der Waals surface area (Å²) in [5, 5.41) is 15.7. The van der Waals surface area contributed by atoms with E-state index in [-0.39, 0.29) is 11.8 Å². The van der Waals surface area contributed by atoms with Crippen LogP contribution in [0.2, 0.25) is 0 Å². The highest BCUT2D eigenvalue weighted by atomic mass is 14.6. The molecule has 0 aromatic heterocycles. The summed E-state index contributed by atoms with van der Waals surface area (Å²) in [6.45, 7) is 0. The second-order valence-corrected chi connectivity index (χ2v) is 3.42. The molecule has 2 N–H and O–H groups in total. The van der Waals surface area contributed by atoms with Gasteiger partial charge in [-0.25, -0.2) is 0 Å². The van der Waals surface area contributed by atoms with Crippen molar-refractivity contribution in [1.82, 2.24) is 0 Å². The number of rotatable bonds is 3. The summed E-state index contributed by atoms with van der Waals surface area (Å²) in [5.41, 5.74) is 0.799. The molecule has 0 radical (unpaired) electrons. The molecule has 14 heavy (non-hydrogen) atoms. The Bertz CT molecular complexity index is 321. The Morgan fingerprint density at radius 1 is 0.643 bits per heavy atom. The predicted octanol–water partition coefficient (Wildman–Crippen LogP) is 2.51. The highest BCUT2D eigenvalue weighted by molar-refractivity contribution is 6.43. The average molecular weight is 184 g/mol. The van der Waals surface area contributed by atoms with Gasteiger partial charge in [0.25, 0.3) is 0 Å². The molecule has 0 unspecified atom stereocenters. The van der Waals surface area contributed by atoms with E-state index in [1.54, 1.807) is 0 Å². The predicted molar refractivity (Wildman–Crippen MR) is 59.0 cm³/mol. The zero-order valence-electron chi connectivity index (χ0n) is 7.77. The molecule has 2 heteroatoms. The summed E-state index contributed by atoms with van der Waals surface area (Å²) in [7, 11) is 0. The van der Waals surface area contributed by atoms with Gasteiger partial charge in [-0.15, -0.1) is 0 Å². The molecule has 0 heterocycles. The molecular weight excluding hydrogens is 172 g/mol. The molecule has 0 aromatic rings. The second-order valence-electron chi connectivity index (χ2n) is 3.42. The van der Waals surface area contributed by atoms with Crippen molar-refractivity contribution in [1.29, 1.82) is 10.8 Å². The second kappa shape index (κ2) is 3.58. The number of hydrogen-bond acceptors (Lipinski definition) is 2. The topological polar surface area (TPSA) is 47.7 Å². The van der Waals surface area contributed by atoms with E-state index in [1.165, 1.54) is 0 Å². The van der Waals surface area contributed by atoms with Crippen molar-refractivity contribution in [2.24, 2.45) is 11.8 Å². The van der Waals surface area contributed by atoms with Crippen molar-refractivity contribution in [3.05, 3.63) is 48.6 Å². The lowest BCUT2D eigenvalue weighted by Gasteiger charge is -2.12. The molecule has 0 fully saturated rings.